The van der Waals surface area contributed by atoms with E-state index in [9.17, 15) is 85.3 Å². The molecule has 5 amide bonds. The highest BCUT2D eigenvalue weighted by atomic mass is 16.8. The van der Waals surface area contributed by atoms with E-state index in [1.807, 2.05) is 0 Å². The van der Waals surface area contributed by atoms with Gasteiger partial charge in [-0.1, -0.05) is 70.4 Å². The number of rotatable bonds is 35. The number of ether oxygens (including phenoxy) is 10. The highest BCUT2D eigenvalue weighted by molar-refractivity contribution is 5.76. The molecule has 90 heavy (non-hydrogen) atoms. The average molecular weight is 1300 g/mol. The van der Waals surface area contributed by atoms with Crippen LogP contribution < -0.4 is 26.6 Å². The number of unbranched alkanes of at least 4 members (excludes halogenated alkanes) is 11. The molecule has 5 saturated heterocycles. The van der Waals surface area contributed by atoms with Crippen LogP contribution in [0.3, 0.4) is 0 Å². The highest BCUT2D eigenvalue weighted by Crippen LogP contribution is 2.36. The summed E-state index contributed by atoms with van der Waals surface area (Å²) in [5, 5.41) is 145. The Hall–Kier alpha value is -3.79. The first kappa shape index (κ1) is 76.9. The molecule has 5 aliphatic heterocycles. The summed E-state index contributed by atoms with van der Waals surface area (Å²) in [7, 11) is 0. The summed E-state index contributed by atoms with van der Waals surface area (Å²) < 4.78 is 59.6. The Balaban J connectivity index is 1.30. The molecule has 5 fully saturated rings. The first-order valence-corrected chi connectivity index (χ1v) is 31.3. The molecule has 32 heteroatoms. The van der Waals surface area contributed by atoms with Crippen molar-refractivity contribution in [3.05, 3.63) is 12.2 Å². The fourth-order valence-electron chi connectivity index (χ4n) is 11.7. The molecule has 32 nitrogen and oxygen atoms in total. The van der Waals surface area contributed by atoms with Crippen molar-refractivity contribution in [2.24, 2.45) is 0 Å². The van der Waals surface area contributed by atoms with Crippen molar-refractivity contribution in [2.75, 3.05) is 33.0 Å². The normalized spacial score (nSPS) is 37.6. The van der Waals surface area contributed by atoms with Gasteiger partial charge < -0.3 is 135 Å². The third-order valence-electron chi connectivity index (χ3n) is 16.3. The fourth-order valence-corrected chi connectivity index (χ4v) is 11.7. The first-order valence-electron chi connectivity index (χ1n) is 31.3. The van der Waals surface area contributed by atoms with Crippen LogP contribution in [0, 0.1) is 0 Å². The second-order valence-electron chi connectivity index (χ2n) is 23.6. The van der Waals surface area contributed by atoms with Crippen molar-refractivity contribution >= 4 is 29.5 Å². The molecule has 5 aliphatic rings. The summed E-state index contributed by atoms with van der Waals surface area (Å²) in [6.45, 7) is 3.45. The molecule has 0 aromatic rings. The molecule has 16 unspecified atom stereocenters. The van der Waals surface area contributed by atoms with Crippen molar-refractivity contribution in [1.29, 1.82) is 0 Å². The topological polar surface area (TPSA) is 481 Å². The molecule has 17 N–H and O–H groups in total. The molecule has 5 heterocycles. The van der Waals surface area contributed by atoms with Crippen LogP contribution >= 0.6 is 0 Å². The van der Waals surface area contributed by atoms with Gasteiger partial charge in [0.05, 0.1) is 33.0 Å². The van der Waals surface area contributed by atoms with Crippen molar-refractivity contribution in [2.45, 2.75) is 291 Å². The molecule has 0 aromatic heterocycles. The maximum atomic E-state index is 13.5. The number of amides is 5. The minimum Gasteiger partial charge on any atom is -0.394 e. The van der Waals surface area contributed by atoms with Crippen molar-refractivity contribution in [1.82, 2.24) is 26.6 Å². The van der Waals surface area contributed by atoms with E-state index < -0.39 is 222 Å². The second kappa shape index (κ2) is 38.5. The van der Waals surface area contributed by atoms with Gasteiger partial charge in [-0.15, -0.1) is 0 Å². The van der Waals surface area contributed by atoms with Crippen LogP contribution in [0.15, 0.2) is 12.2 Å². The predicted molar refractivity (Wildman–Crippen MR) is 309 cm³/mol. The lowest BCUT2D eigenvalue weighted by atomic mass is 9.93. The first-order chi connectivity index (χ1) is 42.9. The highest BCUT2D eigenvalue weighted by Gasteiger charge is 2.58. The molecule has 0 aromatic carbocycles. The van der Waals surface area contributed by atoms with E-state index in [1.165, 1.54) is 32.6 Å². The van der Waals surface area contributed by atoms with Gasteiger partial charge in [-0.2, -0.15) is 0 Å². The van der Waals surface area contributed by atoms with Gasteiger partial charge in [0.1, 0.15) is 122 Å². The van der Waals surface area contributed by atoms with Gasteiger partial charge in [0.15, 0.2) is 37.7 Å². The Morgan fingerprint density at radius 3 is 1.11 bits per heavy atom. The molecule has 5 rings (SSSR count). The largest absolute Gasteiger partial charge is 0.394 e. The average Bonchev–Trinajstić information content (AvgIpc) is 0.790. The zero-order valence-corrected chi connectivity index (χ0v) is 52.1. The standard InChI is InChI=1S/C58H101N5O27/c1-7-8-9-10-11-12-13-14-15-16-17-18-19-20-21-22-38(73)63-40-45(75)44(74)37(27-81-32(6)72)86-55(40)88-51-34(24-65)84-57(42(47(51)77)61-30(4)70)90-53-36(26-67)85-58(43(49(53)79)62-31(5)71)89-52-35(25-66)83-56(41(48(52)78)60-29(3)69)87-50-33(23-64)82-54(80)39(46(50)76)59-28(2)68/h12-13,32-37,39-58,64-67,72,74-80H,7-11,14-27H2,1-6H3,(H,59,68)(H,60,69)(H,61,70)(H,62,71)(H,63,73)/b13-12-/t32?,33?,34?,35?,36?,37?,39?,40?,41?,42?,43?,44-,45?,46?,47?,48?,49?,50-,51-,52-,53-,54-,55+,56+,57+,58+/m1/s1. The number of allylic oxidation sites excluding steroid dienone is 2. The van der Waals surface area contributed by atoms with Gasteiger partial charge in [-0.05, 0) is 39.0 Å². The lowest BCUT2D eigenvalue weighted by Crippen LogP contribution is -2.72. The molecule has 0 radical (unpaired) electrons. The Kier molecular flexibility index (Phi) is 32.9. The van der Waals surface area contributed by atoms with E-state index in [0.29, 0.717) is 6.42 Å². The monoisotopic (exact) mass is 1300 g/mol. The summed E-state index contributed by atoms with van der Waals surface area (Å²) in [4.78, 5) is 63.8. The van der Waals surface area contributed by atoms with Crippen LogP contribution in [0.5, 0.6) is 0 Å². The Morgan fingerprint density at radius 2 is 0.744 bits per heavy atom. The van der Waals surface area contributed by atoms with Crippen LogP contribution in [-0.4, -0.2) is 283 Å². The number of nitrogens with one attached hydrogen (secondary N) is 5. The smallest absolute Gasteiger partial charge is 0.220 e. The van der Waals surface area contributed by atoms with E-state index in [2.05, 4.69) is 45.7 Å². The van der Waals surface area contributed by atoms with Gasteiger partial charge in [0, 0.05) is 34.1 Å². The number of carbonyl (C=O) groups excluding carboxylic acids is 5. The molecular weight excluding hydrogens is 1200 g/mol. The number of hydrogen-bond acceptors (Lipinski definition) is 27. The minimum atomic E-state index is -2.02. The number of aliphatic hydroxyl groups is 12. The molecule has 520 valence electrons. The minimum absolute atomic E-state index is 0.0199. The summed E-state index contributed by atoms with van der Waals surface area (Å²) >= 11 is 0. The number of hydrogen-bond donors (Lipinski definition) is 17. The summed E-state index contributed by atoms with van der Waals surface area (Å²) in [5.74, 6) is -3.60. The van der Waals surface area contributed by atoms with Gasteiger partial charge in [0.2, 0.25) is 29.5 Å². The lowest BCUT2D eigenvalue weighted by molar-refractivity contribution is -0.367. The van der Waals surface area contributed by atoms with Crippen LogP contribution in [0.4, 0.5) is 0 Å². The van der Waals surface area contributed by atoms with E-state index in [4.69, 9.17) is 47.4 Å². The van der Waals surface area contributed by atoms with Gasteiger partial charge in [-0.25, -0.2) is 0 Å². The van der Waals surface area contributed by atoms with Crippen LogP contribution in [-0.2, 0) is 71.3 Å². The molecule has 0 saturated carbocycles. The van der Waals surface area contributed by atoms with Gasteiger partial charge >= 0.3 is 0 Å². The summed E-state index contributed by atoms with van der Waals surface area (Å²) in [5.41, 5.74) is 0. The van der Waals surface area contributed by atoms with E-state index >= 15 is 0 Å². The van der Waals surface area contributed by atoms with Crippen molar-refractivity contribution in [3.63, 3.8) is 0 Å². The molecular formula is C58H101N5O27. The van der Waals surface area contributed by atoms with E-state index in [0.717, 1.165) is 79.1 Å². The Bertz CT molecular complexity index is 2200. The Morgan fingerprint density at radius 1 is 0.422 bits per heavy atom. The number of carbonyl (C=O) groups is 5. The lowest BCUT2D eigenvalue weighted by Gasteiger charge is -2.51. The molecule has 26 atom stereocenters. The van der Waals surface area contributed by atoms with Gasteiger partial charge in [0.25, 0.3) is 0 Å². The van der Waals surface area contributed by atoms with E-state index in [1.54, 1.807) is 0 Å². The zero-order chi connectivity index (χ0) is 66.4. The maximum absolute atomic E-state index is 13.5. The predicted octanol–water partition coefficient (Wildman–Crippen LogP) is -4.83. The summed E-state index contributed by atoms with van der Waals surface area (Å²) in [6.07, 6.45) is -18.6. The quantitative estimate of drug-likeness (QED) is 0.0161. The van der Waals surface area contributed by atoms with Crippen molar-refractivity contribution in [3.8, 4) is 0 Å². The SMILES string of the molecule is CCCCCC/C=C\CCCCCCCCCC(=O)NC1C(O)[C@H](O)C(COC(C)O)O[C@H]1O[C@@H]1C(CO)O[C@@H](O[C@@H]2C(CO)O[C@@H](O[C@@H]3C(CO)O[C@@H](O[C@@H]4C(CO)O[C@@H](O)C(NC(C)=O)C4O)C(NC(C)=O)C3O)C(NC(C)=O)C2O)C(NC(C)=O)C1O. The molecule has 0 spiro atoms. The third kappa shape index (κ3) is 22.2. The fraction of sp³-hybridized carbons (Fsp3) is 0.879. The van der Waals surface area contributed by atoms with E-state index in [-0.39, 0.29) is 6.42 Å². The molecule has 0 bridgehead atoms. The molecule has 0 aliphatic carbocycles. The summed E-state index contributed by atoms with van der Waals surface area (Å²) in [6, 6.07) is -8.14. The van der Waals surface area contributed by atoms with Crippen molar-refractivity contribution < 1.29 is 133 Å². The van der Waals surface area contributed by atoms with Crippen LogP contribution in [0.1, 0.15) is 131 Å². The Labute approximate surface area is 523 Å². The maximum Gasteiger partial charge on any atom is 0.220 e. The second-order valence-corrected chi connectivity index (χ2v) is 23.6. The van der Waals surface area contributed by atoms with Crippen LogP contribution in [0.2, 0.25) is 0 Å². The zero-order valence-electron chi connectivity index (χ0n) is 52.1. The van der Waals surface area contributed by atoms with Gasteiger partial charge in [-0.3, -0.25) is 24.0 Å². The third-order valence-corrected chi connectivity index (χ3v) is 16.3. The van der Waals surface area contributed by atoms with Crippen LogP contribution in [0.25, 0.3) is 0 Å². The number of aliphatic hydroxyl groups excluding tert-OH is 12.